The molecule has 2 atom stereocenters. The highest BCUT2D eigenvalue weighted by atomic mass is 19.3. The molecule has 1 aromatic heterocycles. The Labute approximate surface area is 193 Å². The quantitative estimate of drug-likeness (QED) is 0.625. The third kappa shape index (κ3) is 3.68. The van der Waals surface area contributed by atoms with E-state index in [0.717, 1.165) is 0 Å². The van der Waals surface area contributed by atoms with E-state index in [1.54, 1.807) is 21.9 Å². The number of piperidine rings is 2. The van der Waals surface area contributed by atoms with E-state index < -0.39 is 41.3 Å². The number of rotatable bonds is 3. The summed E-state index contributed by atoms with van der Waals surface area (Å²) in [5.74, 6) is -4.38. The number of piperazine rings is 1. The molecular weight excluding hydrogens is 453 g/mol. The number of hydrogen-bond donors (Lipinski definition) is 2. The van der Waals surface area contributed by atoms with Crippen LogP contribution in [0.15, 0.2) is 16.9 Å². The van der Waals surface area contributed by atoms with E-state index in [1.165, 1.54) is 16.2 Å². The first kappa shape index (κ1) is 22.9. The van der Waals surface area contributed by atoms with Crippen LogP contribution in [-0.2, 0) is 16.6 Å². The van der Waals surface area contributed by atoms with E-state index in [9.17, 15) is 23.2 Å². The largest absolute Gasteiger partial charge is 0.367 e. The number of halogens is 3. The molecular formula is C22H27F3N6O3. The van der Waals surface area contributed by atoms with Gasteiger partial charge >= 0.3 is 5.69 Å². The normalized spacial score (nSPS) is 26.2. The molecule has 0 bridgehead atoms. The van der Waals surface area contributed by atoms with Crippen LogP contribution in [0.25, 0.3) is 11.0 Å². The van der Waals surface area contributed by atoms with Crippen molar-refractivity contribution in [2.45, 2.75) is 37.3 Å². The van der Waals surface area contributed by atoms with Crippen molar-refractivity contribution in [3.63, 3.8) is 0 Å². The van der Waals surface area contributed by atoms with Crippen molar-refractivity contribution in [1.82, 2.24) is 24.7 Å². The van der Waals surface area contributed by atoms with Gasteiger partial charge in [-0.05, 0) is 31.5 Å². The van der Waals surface area contributed by atoms with Crippen LogP contribution in [0.5, 0.6) is 0 Å². The lowest BCUT2D eigenvalue weighted by atomic mass is 9.99. The highest BCUT2D eigenvalue weighted by molar-refractivity contribution is 6.00. The molecule has 2 N–H and O–H groups in total. The number of nitrogens with zero attached hydrogens (tertiary/aromatic N) is 4. The molecule has 184 valence electrons. The number of alkyl halides is 2. The first-order valence-corrected chi connectivity index (χ1v) is 11.5. The predicted molar refractivity (Wildman–Crippen MR) is 119 cm³/mol. The maximum absolute atomic E-state index is 15.7. The van der Waals surface area contributed by atoms with Gasteiger partial charge in [0, 0.05) is 39.6 Å². The average molecular weight is 480 g/mol. The number of aromatic nitrogens is 2. The Bertz CT molecular complexity index is 1200. The lowest BCUT2D eigenvalue weighted by Crippen LogP contribution is -2.61. The fourth-order valence-corrected chi connectivity index (χ4v) is 5.44. The third-order valence-electron chi connectivity index (χ3n) is 7.22. The molecule has 0 radical (unpaired) electrons. The summed E-state index contributed by atoms with van der Waals surface area (Å²) in [6.45, 7) is 1.74. The van der Waals surface area contributed by atoms with Gasteiger partial charge in [-0.15, -0.1) is 0 Å². The summed E-state index contributed by atoms with van der Waals surface area (Å²) in [6.07, 6.45) is 0.625. The van der Waals surface area contributed by atoms with Crippen LogP contribution >= 0.6 is 0 Å². The molecule has 3 aliphatic rings. The number of aryl methyl sites for hydroxylation is 1. The molecule has 3 saturated heterocycles. The lowest BCUT2D eigenvalue weighted by Gasteiger charge is -2.44. The first-order chi connectivity index (χ1) is 16.2. The highest BCUT2D eigenvalue weighted by Crippen LogP contribution is 2.32. The molecule has 2 amide bonds. The molecule has 1 unspecified atom stereocenters. The fourth-order valence-electron chi connectivity index (χ4n) is 5.44. The summed E-state index contributed by atoms with van der Waals surface area (Å²) >= 11 is 0. The fraction of sp³-hybridized carbons (Fsp3) is 0.591. The Kier molecular flexibility index (Phi) is 5.67. The molecule has 12 heteroatoms. The van der Waals surface area contributed by atoms with Crippen molar-refractivity contribution in [2.75, 3.05) is 44.2 Å². The number of anilines is 1. The minimum absolute atomic E-state index is 0.0690. The highest BCUT2D eigenvalue weighted by Gasteiger charge is 2.45. The first-order valence-electron chi connectivity index (χ1n) is 11.5. The Balaban J connectivity index is 1.41. The van der Waals surface area contributed by atoms with E-state index in [-0.39, 0.29) is 30.4 Å². The number of fused-ring (bicyclic) bond motifs is 1. The van der Waals surface area contributed by atoms with E-state index >= 15 is 4.39 Å². The van der Waals surface area contributed by atoms with Crippen molar-refractivity contribution in [3.05, 3.63) is 28.4 Å². The van der Waals surface area contributed by atoms with Crippen LogP contribution in [-0.4, -0.2) is 77.1 Å². The van der Waals surface area contributed by atoms with Gasteiger partial charge in [0.15, 0.2) is 5.82 Å². The average Bonchev–Trinajstić information content (AvgIpc) is 3.05. The predicted octanol–water partition coefficient (Wildman–Crippen LogP) is 0.576. The van der Waals surface area contributed by atoms with E-state index in [0.29, 0.717) is 44.8 Å². The summed E-state index contributed by atoms with van der Waals surface area (Å²) in [5.41, 5.74) is 0.0921. The minimum Gasteiger partial charge on any atom is -0.367 e. The number of amides is 2. The second-order valence-electron chi connectivity index (χ2n) is 9.21. The topological polar surface area (TPSA) is 91.6 Å². The molecule has 34 heavy (non-hydrogen) atoms. The standard InChI is InChI=1S/C22H27F3N6O3/c1-28-19-14(31(21(28)34)15-4-5-17(32)27-20(15)33)3-2-13(18(19)23)29-8-10-30(11-9-29)16-6-7-26-12-22(16,24)25/h2-3,15-16,26H,4-12H2,1H3,(H,27,32,33)/t15?,16-/m1/s1. The summed E-state index contributed by atoms with van der Waals surface area (Å²) in [5, 5.41) is 4.97. The van der Waals surface area contributed by atoms with E-state index in [1.807, 2.05) is 0 Å². The number of benzene rings is 1. The maximum Gasteiger partial charge on any atom is 0.329 e. The minimum atomic E-state index is -2.80. The number of carbonyl (C=O) groups is 2. The van der Waals surface area contributed by atoms with Crippen LogP contribution in [0.1, 0.15) is 25.3 Å². The van der Waals surface area contributed by atoms with Gasteiger partial charge in [0.05, 0.1) is 23.8 Å². The molecule has 0 saturated carbocycles. The van der Waals surface area contributed by atoms with Gasteiger partial charge in [-0.2, -0.15) is 0 Å². The maximum atomic E-state index is 15.7. The van der Waals surface area contributed by atoms with E-state index in [2.05, 4.69) is 10.6 Å². The van der Waals surface area contributed by atoms with Gasteiger partial charge in [0.25, 0.3) is 5.92 Å². The molecule has 4 heterocycles. The second-order valence-corrected chi connectivity index (χ2v) is 9.21. The molecule has 2 aromatic rings. The Hall–Kier alpha value is -2.86. The van der Waals surface area contributed by atoms with Crippen LogP contribution in [0, 0.1) is 5.82 Å². The number of nitrogens with one attached hydrogen (secondary N) is 2. The molecule has 9 nitrogen and oxygen atoms in total. The second kappa shape index (κ2) is 8.42. The molecule has 3 fully saturated rings. The van der Waals surface area contributed by atoms with Crippen LogP contribution < -0.4 is 21.2 Å². The van der Waals surface area contributed by atoms with Gasteiger partial charge in [0.2, 0.25) is 11.8 Å². The summed E-state index contributed by atoms with van der Waals surface area (Å²) in [6, 6.07) is 1.45. The van der Waals surface area contributed by atoms with Gasteiger partial charge in [-0.25, -0.2) is 18.0 Å². The summed E-state index contributed by atoms with van der Waals surface area (Å²) in [4.78, 5) is 40.4. The van der Waals surface area contributed by atoms with Crippen molar-refractivity contribution >= 4 is 28.5 Å². The Morgan fingerprint density at radius 1 is 1.06 bits per heavy atom. The summed E-state index contributed by atoms with van der Waals surface area (Å²) < 4.78 is 46.8. The zero-order chi connectivity index (χ0) is 24.2. The van der Waals surface area contributed by atoms with Crippen molar-refractivity contribution < 1.29 is 22.8 Å². The summed E-state index contributed by atoms with van der Waals surface area (Å²) in [7, 11) is 1.44. The molecule has 3 aliphatic heterocycles. The zero-order valence-corrected chi connectivity index (χ0v) is 18.8. The third-order valence-corrected chi connectivity index (χ3v) is 7.22. The number of carbonyl (C=O) groups excluding carboxylic acids is 2. The number of imide groups is 1. The Morgan fingerprint density at radius 2 is 1.79 bits per heavy atom. The number of hydrogen-bond acceptors (Lipinski definition) is 6. The molecule has 1 aromatic carbocycles. The lowest BCUT2D eigenvalue weighted by molar-refractivity contribution is -0.135. The van der Waals surface area contributed by atoms with Crippen LogP contribution in [0.3, 0.4) is 0 Å². The molecule has 0 aliphatic carbocycles. The Morgan fingerprint density at radius 3 is 2.47 bits per heavy atom. The van der Waals surface area contributed by atoms with Crippen LogP contribution in [0.2, 0.25) is 0 Å². The molecule has 0 spiro atoms. The van der Waals surface area contributed by atoms with Gasteiger partial charge in [-0.3, -0.25) is 28.9 Å². The van der Waals surface area contributed by atoms with Crippen molar-refractivity contribution in [3.8, 4) is 0 Å². The SMILES string of the molecule is Cn1c(=O)n(C2CCC(=O)NC2=O)c2ccc(N3CCN([C@@H]4CCNCC4(F)F)CC3)c(F)c21. The smallest absolute Gasteiger partial charge is 0.329 e. The van der Waals surface area contributed by atoms with Crippen LogP contribution in [0.4, 0.5) is 18.9 Å². The molecule has 5 rings (SSSR count). The van der Waals surface area contributed by atoms with Gasteiger partial charge in [-0.1, -0.05) is 0 Å². The van der Waals surface area contributed by atoms with E-state index in [4.69, 9.17) is 0 Å². The number of imidazole rings is 1. The van der Waals surface area contributed by atoms with Crippen molar-refractivity contribution in [1.29, 1.82) is 0 Å². The van der Waals surface area contributed by atoms with Gasteiger partial charge < -0.3 is 10.2 Å². The van der Waals surface area contributed by atoms with Gasteiger partial charge in [0.1, 0.15) is 11.6 Å². The monoisotopic (exact) mass is 480 g/mol. The van der Waals surface area contributed by atoms with Crippen molar-refractivity contribution in [2.24, 2.45) is 7.05 Å². The zero-order valence-electron chi connectivity index (χ0n) is 18.8.